The highest BCUT2D eigenvalue weighted by Gasteiger charge is 2.16. The lowest BCUT2D eigenvalue weighted by Gasteiger charge is -2.09. The second kappa shape index (κ2) is 7.96. The summed E-state index contributed by atoms with van der Waals surface area (Å²) in [4.78, 5) is 22.4. The Morgan fingerprint density at radius 3 is 2.50 bits per heavy atom. The Balaban J connectivity index is 1.95. The van der Waals surface area contributed by atoms with Gasteiger partial charge in [-0.2, -0.15) is 0 Å². The maximum Gasteiger partial charge on any atom is 0.311 e. The molecule has 0 bridgehead atoms. The summed E-state index contributed by atoms with van der Waals surface area (Å²) in [5.74, 6) is 0.364. The maximum atomic E-state index is 11.9. The number of aryl methyl sites for hydroxylation is 1. The Labute approximate surface area is 139 Å². The number of rotatable bonds is 7. The topological polar surface area (TPSA) is 90.7 Å². The second-order valence-electron chi connectivity index (χ2n) is 5.02. The molecule has 2 aromatic rings. The van der Waals surface area contributed by atoms with Gasteiger partial charge in [0.2, 0.25) is 0 Å². The average molecular weight is 330 g/mol. The van der Waals surface area contributed by atoms with Crippen LogP contribution in [0.4, 0.5) is 11.4 Å². The molecule has 126 valence electrons. The van der Waals surface area contributed by atoms with Crippen molar-refractivity contribution in [1.82, 2.24) is 0 Å². The molecule has 0 aliphatic carbocycles. The zero-order valence-electron chi connectivity index (χ0n) is 13.4. The Morgan fingerprint density at radius 2 is 1.88 bits per heavy atom. The number of nitrogens with zero attached hydrogens (tertiary/aromatic N) is 1. The first kappa shape index (κ1) is 17.3. The number of anilines is 1. The smallest absolute Gasteiger partial charge is 0.311 e. The molecule has 0 fully saturated rings. The predicted molar refractivity (Wildman–Crippen MR) is 89.6 cm³/mol. The summed E-state index contributed by atoms with van der Waals surface area (Å²) in [6.07, 6.45) is 0. The monoisotopic (exact) mass is 330 g/mol. The Hall–Kier alpha value is -3.09. The number of ether oxygens (including phenoxy) is 2. The van der Waals surface area contributed by atoms with E-state index in [9.17, 15) is 14.9 Å². The summed E-state index contributed by atoms with van der Waals surface area (Å²) in [5.41, 5.74) is 1.17. The van der Waals surface area contributed by atoms with Crippen LogP contribution < -0.4 is 14.8 Å². The largest absolute Gasteiger partial charge is 0.494 e. The minimum atomic E-state index is -0.535. The fourth-order valence-electron chi connectivity index (χ4n) is 2.03. The zero-order chi connectivity index (χ0) is 17.5. The first-order valence-corrected chi connectivity index (χ1v) is 7.40. The zero-order valence-corrected chi connectivity index (χ0v) is 13.4. The number of nitro groups is 1. The number of nitrogens with one attached hydrogen (secondary N) is 1. The van der Waals surface area contributed by atoms with Crippen molar-refractivity contribution in [1.29, 1.82) is 0 Å². The molecule has 2 aromatic carbocycles. The first-order chi connectivity index (χ1) is 11.5. The molecule has 0 aliphatic rings. The highest BCUT2D eigenvalue weighted by Crippen LogP contribution is 2.27. The molecule has 2 rings (SSSR count). The van der Waals surface area contributed by atoms with Crippen LogP contribution in [0.1, 0.15) is 12.5 Å². The minimum Gasteiger partial charge on any atom is -0.494 e. The van der Waals surface area contributed by atoms with Crippen LogP contribution in [0, 0.1) is 17.0 Å². The van der Waals surface area contributed by atoms with Crippen LogP contribution in [0.5, 0.6) is 11.5 Å². The third-order valence-electron chi connectivity index (χ3n) is 3.12. The number of hydrogen-bond donors (Lipinski definition) is 1. The molecule has 1 N–H and O–H groups in total. The summed E-state index contributed by atoms with van der Waals surface area (Å²) in [7, 11) is 0. The SMILES string of the molecule is CCOc1ccc(NC(=O)COc2ccc(C)cc2[N+](=O)[O-])cc1. The Bertz CT molecular complexity index is 728. The second-order valence-corrected chi connectivity index (χ2v) is 5.02. The quantitative estimate of drug-likeness (QED) is 0.621. The van der Waals surface area contributed by atoms with E-state index in [0.29, 0.717) is 18.0 Å². The van der Waals surface area contributed by atoms with E-state index in [2.05, 4.69) is 5.32 Å². The summed E-state index contributed by atoms with van der Waals surface area (Å²) >= 11 is 0. The van der Waals surface area contributed by atoms with Gasteiger partial charge in [-0.1, -0.05) is 6.07 Å². The van der Waals surface area contributed by atoms with Crippen molar-refractivity contribution in [2.75, 3.05) is 18.5 Å². The van der Waals surface area contributed by atoms with Crippen LogP contribution >= 0.6 is 0 Å². The van der Waals surface area contributed by atoms with E-state index in [4.69, 9.17) is 9.47 Å². The van der Waals surface area contributed by atoms with E-state index < -0.39 is 10.8 Å². The van der Waals surface area contributed by atoms with Gasteiger partial charge in [0.1, 0.15) is 5.75 Å². The van der Waals surface area contributed by atoms with E-state index in [-0.39, 0.29) is 18.0 Å². The van der Waals surface area contributed by atoms with Gasteiger partial charge in [0.05, 0.1) is 11.5 Å². The summed E-state index contributed by atoms with van der Waals surface area (Å²) in [6, 6.07) is 11.5. The van der Waals surface area contributed by atoms with Gasteiger partial charge in [0.15, 0.2) is 12.4 Å². The van der Waals surface area contributed by atoms with Gasteiger partial charge in [-0.25, -0.2) is 0 Å². The van der Waals surface area contributed by atoms with E-state index in [1.165, 1.54) is 12.1 Å². The summed E-state index contributed by atoms with van der Waals surface area (Å²) < 4.78 is 10.6. The highest BCUT2D eigenvalue weighted by atomic mass is 16.6. The molecule has 0 unspecified atom stereocenters. The summed E-state index contributed by atoms with van der Waals surface area (Å²) in [6.45, 7) is 3.87. The molecule has 7 nitrogen and oxygen atoms in total. The molecular formula is C17H18N2O5. The molecular weight excluding hydrogens is 312 g/mol. The van der Waals surface area contributed by atoms with Crippen molar-refractivity contribution >= 4 is 17.3 Å². The van der Waals surface area contributed by atoms with Crippen LogP contribution in [0.15, 0.2) is 42.5 Å². The minimum absolute atomic E-state index is 0.0624. The molecule has 0 aliphatic heterocycles. The van der Waals surface area contributed by atoms with E-state index >= 15 is 0 Å². The van der Waals surface area contributed by atoms with E-state index in [0.717, 1.165) is 5.56 Å². The van der Waals surface area contributed by atoms with Gasteiger partial charge < -0.3 is 14.8 Å². The molecule has 0 heterocycles. The van der Waals surface area contributed by atoms with Crippen molar-refractivity contribution in [3.8, 4) is 11.5 Å². The number of hydrogen-bond acceptors (Lipinski definition) is 5. The van der Waals surface area contributed by atoms with Crippen molar-refractivity contribution < 1.29 is 19.2 Å². The van der Waals surface area contributed by atoms with Gasteiger partial charge >= 0.3 is 5.69 Å². The van der Waals surface area contributed by atoms with Gasteiger partial charge in [-0.3, -0.25) is 14.9 Å². The molecule has 0 aromatic heterocycles. The number of benzene rings is 2. The molecule has 24 heavy (non-hydrogen) atoms. The lowest BCUT2D eigenvalue weighted by molar-refractivity contribution is -0.385. The van der Waals surface area contributed by atoms with Crippen LogP contribution in [0.25, 0.3) is 0 Å². The average Bonchev–Trinajstić information content (AvgIpc) is 2.55. The predicted octanol–water partition coefficient (Wildman–Crippen LogP) is 3.32. The molecule has 0 saturated heterocycles. The Kier molecular flexibility index (Phi) is 5.73. The normalized spacial score (nSPS) is 10.1. The number of nitro benzene ring substituents is 1. The first-order valence-electron chi connectivity index (χ1n) is 7.40. The van der Waals surface area contributed by atoms with Gasteiger partial charge in [0, 0.05) is 11.8 Å². The van der Waals surface area contributed by atoms with E-state index in [1.54, 1.807) is 37.3 Å². The lowest BCUT2D eigenvalue weighted by atomic mass is 10.2. The molecule has 0 radical (unpaired) electrons. The van der Waals surface area contributed by atoms with E-state index in [1.807, 2.05) is 6.92 Å². The molecule has 0 atom stereocenters. The van der Waals surface area contributed by atoms with Crippen molar-refractivity contribution in [2.24, 2.45) is 0 Å². The number of amides is 1. The highest BCUT2D eigenvalue weighted by molar-refractivity contribution is 5.91. The van der Waals surface area contributed by atoms with Gasteiger partial charge in [-0.15, -0.1) is 0 Å². The van der Waals surface area contributed by atoms with Crippen molar-refractivity contribution in [2.45, 2.75) is 13.8 Å². The Morgan fingerprint density at radius 1 is 1.17 bits per heavy atom. The fraction of sp³-hybridized carbons (Fsp3) is 0.235. The molecule has 1 amide bonds. The molecule has 0 spiro atoms. The standard InChI is InChI=1S/C17H18N2O5/c1-3-23-14-7-5-13(6-8-14)18-17(20)11-24-16-9-4-12(2)10-15(16)19(21)22/h4-10H,3,11H2,1-2H3,(H,18,20). The summed E-state index contributed by atoms with van der Waals surface area (Å²) in [5, 5.41) is 13.7. The maximum absolute atomic E-state index is 11.9. The number of carbonyl (C=O) groups is 1. The van der Waals surface area contributed by atoms with Crippen LogP contribution in [0.3, 0.4) is 0 Å². The number of carbonyl (C=O) groups excluding carboxylic acids is 1. The third-order valence-corrected chi connectivity index (χ3v) is 3.12. The van der Waals surface area contributed by atoms with Crippen molar-refractivity contribution in [3.63, 3.8) is 0 Å². The lowest BCUT2D eigenvalue weighted by Crippen LogP contribution is -2.20. The fourth-order valence-corrected chi connectivity index (χ4v) is 2.03. The van der Waals surface area contributed by atoms with Gasteiger partial charge in [0.25, 0.3) is 5.91 Å². The molecule has 0 saturated carbocycles. The van der Waals surface area contributed by atoms with Crippen LogP contribution in [-0.4, -0.2) is 24.0 Å². The molecule has 7 heteroatoms. The van der Waals surface area contributed by atoms with Crippen LogP contribution in [0.2, 0.25) is 0 Å². The van der Waals surface area contributed by atoms with Gasteiger partial charge in [-0.05, 0) is 49.7 Å². The van der Waals surface area contributed by atoms with Crippen LogP contribution in [-0.2, 0) is 4.79 Å². The third kappa shape index (κ3) is 4.70. The van der Waals surface area contributed by atoms with Crippen molar-refractivity contribution in [3.05, 3.63) is 58.1 Å².